The number of nitrogens with zero attached hydrogens (tertiary/aromatic N) is 1. The molecule has 0 aromatic heterocycles. The summed E-state index contributed by atoms with van der Waals surface area (Å²) in [7, 11) is 0. The van der Waals surface area contributed by atoms with Crippen LogP contribution in [0, 0.1) is 3.57 Å². The molecule has 0 spiro atoms. The molecule has 1 atom stereocenters. The Morgan fingerprint density at radius 2 is 1.90 bits per heavy atom. The van der Waals surface area contributed by atoms with Gasteiger partial charge in [0.2, 0.25) is 17.7 Å². The van der Waals surface area contributed by atoms with E-state index in [1.54, 1.807) is 6.92 Å². The van der Waals surface area contributed by atoms with Crippen molar-refractivity contribution >= 4 is 40.3 Å². The fraction of sp³-hybridized carbons (Fsp3) is 0.357. The Labute approximate surface area is 130 Å². The summed E-state index contributed by atoms with van der Waals surface area (Å²) in [6.45, 7) is 1.96. The Morgan fingerprint density at radius 3 is 2.50 bits per heavy atom. The minimum Gasteiger partial charge on any atom is -0.350 e. The molecule has 1 aromatic carbocycles. The normalized spacial score (nSPS) is 16.4. The number of imide groups is 1. The predicted octanol–water partition coefficient (Wildman–Crippen LogP) is 1.44. The molecule has 1 N–H and O–H groups in total. The molecule has 0 unspecified atom stereocenters. The molecule has 1 aromatic rings. The van der Waals surface area contributed by atoms with Crippen LogP contribution in [-0.4, -0.2) is 28.7 Å². The highest BCUT2D eigenvalue weighted by molar-refractivity contribution is 14.1. The Bertz CT molecular complexity index is 543. The number of hydrogen-bond donors (Lipinski definition) is 1. The third kappa shape index (κ3) is 3.17. The van der Waals surface area contributed by atoms with Gasteiger partial charge in [0.05, 0.1) is 0 Å². The highest BCUT2D eigenvalue weighted by atomic mass is 127. The summed E-state index contributed by atoms with van der Waals surface area (Å²) in [6, 6.07) is 6.97. The maximum absolute atomic E-state index is 12.0. The lowest BCUT2D eigenvalue weighted by Gasteiger charge is -2.21. The number of nitrogens with one attached hydrogen (secondary N) is 1. The fourth-order valence-electron chi connectivity index (χ4n) is 2.11. The Balaban J connectivity index is 1.97. The molecule has 0 bridgehead atoms. The zero-order valence-electron chi connectivity index (χ0n) is 11.1. The van der Waals surface area contributed by atoms with Crippen LogP contribution < -0.4 is 5.32 Å². The van der Waals surface area contributed by atoms with Gasteiger partial charge in [0.15, 0.2) is 0 Å². The smallest absolute Gasteiger partial charge is 0.243 e. The van der Waals surface area contributed by atoms with E-state index in [1.807, 2.05) is 24.3 Å². The van der Waals surface area contributed by atoms with Gasteiger partial charge in [0.1, 0.15) is 6.04 Å². The van der Waals surface area contributed by atoms with E-state index < -0.39 is 6.04 Å². The predicted molar refractivity (Wildman–Crippen MR) is 81.6 cm³/mol. The molecular weight excluding hydrogens is 371 g/mol. The molecule has 3 amide bonds. The van der Waals surface area contributed by atoms with E-state index in [1.165, 1.54) is 0 Å². The standard InChI is InChI=1S/C14H15IN2O3/c1-9(17-12(18)6-7-13(17)19)14(20)16-8-10-4-2-3-5-11(10)15/h2-5,9H,6-8H2,1H3,(H,16,20)/t9-/m1/s1. The van der Waals surface area contributed by atoms with Crippen molar-refractivity contribution in [2.24, 2.45) is 0 Å². The number of carbonyl (C=O) groups is 3. The van der Waals surface area contributed by atoms with Gasteiger partial charge in [0.25, 0.3) is 0 Å². The van der Waals surface area contributed by atoms with Crippen LogP contribution in [0.4, 0.5) is 0 Å². The van der Waals surface area contributed by atoms with Gasteiger partial charge in [0, 0.05) is 23.0 Å². The SMILES string of the molecule is C[C@H](C(=O)NCc1ccccc1I)N1C(=O)CCC1=O. The summed E-state index contributed by atoms with van der Waals surface area (Å²) in [5.74, 6) is -0.855. The second-order valence-corrected chi connectivity index (χ2v) is 5.80. The van der Waals surface area contributed by atoms with Crippen LogP contribution in [0.3, 0.4) is 0 Å². The lowest BCUT2D eigenvalue weighted by atomic mass is 10.2. The number of hydrogen-bond acceptors (Lipinski definition) is 3. The van der Waals surface area contributed by atoms with Crippen molar-refractivity contribution in [3.8, 4) is 0 Å². The summed E-state index contributed by atoms with van der Waals surface area (Å²) < 4.78 is 1.06. The van der Waals surface area contributed by atoms with Crippen LogP contribution in [0.1, 0.15) is 25.3 Å². The van der Waals surface area contributed by atoms with Gasteiger partial charge in [-0.2, -0.15) is 0 Å². The van der Waals surface area contributed by atoms with Crippen molar-refractivity contribution in [1.82, 2.24) is 10.2 Å². The largest absolute Gasteiger partial charge is 0.350 e. The lowest BCUT2D eigenvalue weighted by Crippen LogP contribution is -2.47. The summed E-state index contributed by atoms with van der Waals surface area (Å²) in [5, 5.41) is 2.77. The molecule has 106 valence electrons. The Morgan fingerprint density at radius 1 is 1.30 bits per heavy atom. The number of rotatable bonds is 4. The van der Waals surface area contributed by atoms with Crippen molar-refractivity contribution < 1.29 is 14.4 Å². The lowest BCUT2D eigenvalue weighted by molar-refractivity contribution is -0.146. The second kappa shape index (κ2) is 6.34. The van der Waals surface area contributed by atoms with Crippen LogP contribution in [0.25, 0.3) is 0 Å². The van der Waals surface area contributed by atoms with E-state index in [0.29, 0.717) is 6.54 Å². The first-order valence-corrected chi connectivity index (χ1v) is 7.44. The van der Waals surface area contributed by atoms with E-state index in [-0.39, 0.29) is 30.6 Å². The van der Waals surface area contributed by atoms with E-state index in [9.17, 15) is 14.4 Å². The molecule has 5 nitrogen and oxygen atoms in total. The second-order valence-electron chi connectivity index (χ2n) is 4.64. The zero-order valence-corrected chi connectivity index (χ0v) is 13.2. The number of carbonyl (C=O) groups excluding carboxylic acids is 3. The van der Waals surface area contributed by atoms with Crippen LogP contribution in [0.2, 0.25) is 0 Å². The van der Waals surface area contributed by atoms with E-state index in [4.69, 9.17) is 0 Å². The third-order valence-electron chi connectivity index (χ3n) is 3.27. The molecule has 6 heteroatoms. The van der Waals surface area contributed by atoms with Crippen LogP contribution in [-0.2, 0) is 20.9 Å². The first-order valence-electron chi connectivity index (χ1n) is 6.36. The molecular formula is C14H15IN2O3. The van der Waals surface area contributed by atoms with Gasteiger partial charge in [-0.25, -0.2) is 0 Å². The first-order chi connectivity index (χ1) is 9.50. The Hall–Kier alpha value is -1.44. The summed E-state index contributed by atoms with van der Waals surface area (Å²) in [6.07, 6.45) is 0.403. The monoisotopic (exact) mass is 386 g/mol. The van der Waals surface area contributed by atoms with Crippen molar-refractivity contribution in [2.75, 3.05) is 0 Å². The minimum absolute atomic E-state index is 0.201. The number of amides is 3. The number of halogens is 1. The molecule has 1 aliphatic rings. The maximum Gasteiger partial charge on any atom is 0.243 e. The summed E-state index contributed by atoms with van der Waals surface area (Å²) >= 11 is 2.20. The van der Waals surface area contributed by atoms with Crippen molar-refractivity contribution in [3.63, 3.8) is 0 Å². The average molecular weight is 386 g/mol. The highest BCUT2D eigenvalue weighted by Crippen LogP contribution is 2.16. The van der Waals surface area contributed by atoms with Crippen molar-refractivity contribution in [1.29, 1.82) is 0 Å². The van der Waals surface area contributed by atoms with Crippen LogP contribution in [0.5, 0.6) is 0 Å². The number of benzene rings is 1. The van der Waals surface area contributed by atoms with Gasteiger partial charge >= 0.3 is 0 Å². The molecule has 0 aliphatic carbocycles. The zero-order chi connectivity index (χ0) is 14.7. The van der Waals surface area contributed by atoms with Gasteiger partial charge in [-0.3, -0.25) is 19.3 Å². The Kier molecular flexibility index (Phi) is 4.74. The van der Waals surface area contributed by atoms with Crippen LogP contribution in [0.15, 0.2) is 24.3 Å². The van der Waals surface area contributed by atoms with E-state index >= 15 is 0 Å². The van der Waals surface area contributed by atoms with Gasteiger partial charge in [-0.1, -0.05) is 18.2 Å². The molecule has 0 radical (unpaired) electrons. The summed E-state index contributed by atoms with van der Waals surface area (Å²) in [4.78, 5) is 36.3. The third-order valence-corrected chi connectivity index (χ3v) is 4.32. The van der Waals surface area contributed by atoms with E-state index in [0.717, 1.165) is 14.0 Å². The highest BCUT2D eigenvalue weighted by Gasteiger charge is 2.35. The molecule has 1 saturated heterocycles. The van der Waals surface area contributed by atoms with Gasteiger partial charge < -0.3 is 5.32 Å². The van der Waals surface area contributed by atoms with Gasteiger partial charge in [-0.15, -0.1) is 0 Å². The van der Waals surface area contributed by atoms with Gasteiger partial charge in [-0.05, 0) is 41.1 Å². The molecule has 1 heterocycles. The minimum atomic E-state index is -0.751. The average Bonchev–Trinajstić information content (AvgIpc) is 2.76. The summed E-state index contributed by atoms with van der Waals surface area (Å²) in [5.41, 5.74) is 1.01. The fourth-order valence-corrected chi connectivity index (χ4v) is 2.69. The molecule has 2 rings (SSSR count). The van der Waals surface area contributed by atoms with Crippen LogP contribution >= 0.6 is 22.6 Å². The molecule has 20 heavy (non-hydrogen) atoms. The van der Waals surface area contributed by atoms with Crippen molar-refractivity contribution in [2.45, 2.75) is 32.4 Å². The van der Waals surface area contributed by atoms with E-state index in [2.05, 4.69) is 27.9 Å². The maximum atomic E-state index is 12.0. The number of likely N-dealkylation sites (tertiary alicyclic amines) is 1. The molecule has 0 saturated carbocycles. The first kappa shape index (κ1) is 15.0. The molecule has 1 aliphatic heterocycles. The molecule has 1 fully saturated rings. The van der Waals surface area contributed by atoms with Crippen molar-refractivity contribution in [3.05, 3.63) is 33.4 Å². The quantitative estimate of drug-likeness (QED) is 0.629. The topological polar surface area (TPSA) is 66.5 Å².